The van der Waals surface area contributed by atoms with Crippen molar-refractivity contribution in [1.82, 2.24) is 24.1 Å². The van der Waals surface area contributed by atoms with Crippen LogP contribution in [-0.2, 0) is 20.0 Å². The number of para-hydroxylation sites is 1. The van der Waals surface area contributed by atoms with Crippen molar-refractivity contribution in [3.05, 3.63) is 74.9 Å². The summed E-state index contributed by atoms with van der Waals surface area (Å²) in [5.41, 5.74) is 0.834. The highest BCUT2D eigenvalue weighted by molar-refractivity contribution is 5.94. The molecule has 12 nitrogen and oxygen atoms in total. The second-order valence-electron chi connectivity index (χ2n) is 8.54. The van der Waals surface area contributed by atoms with E-state index in [-0.39, 0.29) is 41.8 Å². The third-order valence-corrected chi connectivity index (χ3v) is 6.05. The van der Waals surface area contributed by atoms with Gasteiger partial charge >= 0.3 is 5.69 Å². The van der Waals surface area contributed by atoms with Crippen molar-refractivity contribution in [2.24, 2.45) is 17.3 Å². The number of hydrogen-bond donors (Lipinski definition) is 4. The summed E-state index contributed by atoms with van der Waals surface area (Å²) in [5, 5.41) is 30.0. The zero-order valence-electron chi connectivity index (χ0n) is 20.2. The molecule has 37 heavy (non-hydrogen) atoms. The molecule has 2 aromatic carbocycles. The summed E-state index contributed by atoms with van der Waals surface area (Å²) in [6, 6.07) is 14.7. The number of hydrogen-bond acceptors (Lipinski definition) is 8. The van der Waals surface area contributed by atoms with Gasteiger partial charge < -0.3 is 19.9 Å². The summed E-state index contributed by atoms with van der Waals surface area (Å²) in [4.78, 5) is 34.2. The number of aromatic hydroxyl groups is 1. The molecule has 0 fully saturated rings. The van der Waals surface area contributed by atoms with Crippen LogP contribution in [0.2, 0.25) is 0 Å². The predicted octanol–water partition coefficient (Wildman–Crippen LogP) is 3.03. The molecule has 0 aliphatic heterocycles. The molecule has 1 atom stereocenters. The van der Waals surface area contributed by atoms with Gasteiger partial charge in [-0.2, -0.15) is 4.98 Å². The van der Waals surface area contributed by atoms with Crippen molar-refractivity contribution >= 4 is 33.7 Å². The maximum atomic E-state index is 12.7. The number of aromatic amines is 2. The quantitative estimate of drug-likeness (QED) is 0.238. The molecule has 0 saturated heterocycles. The molecule has 3 heterocycles. The smallest absolute Gasteiger partial charge is 0.329 e. The van der Waals surface area contributed by atoms with Crippen LogP contribution < -0.4 is 16.0 Å². The van der Waals surface area contributed by atoms with E-state index < -0.39 is 17.4 Å². The summed E-state index contributed by atoms with van der Waals surface area (Å²) in [7, 11) is 1.46. The minimum atomic E-state index is -1.05. The van der Waals surface area contributed by atoms with Crippen LogP contribution >= 0.6 is 0 Å². The number of aliphatic hydroxyl groups is 1. The highest BCUT2D eigenvalue weighted by Gasteiger charge is 2.20. The molecule has 4 N–H and O–H groups in total. The van der Waals surface area contributed by atoms with Gasteiger partial charge in [0.1, 0.15) is 18.5 Å². The lowest BCUT2D eigenvalue weighted by atomic mass is 10.2. The maximum Gasteiger partial charge on any atom is 0.329 e. The number of aliphatic hydroxyl groups excluding tert-OH is 1. The van der Waals surface area contributed by atoms with E-state index in [1.165, 1.54) is 21.7 Å². The number of benzene rings is 2. The van der Waals surface area contributed by atoms with Crippen LogP contribution in [-0.4, -0.2) is 47.0 Å². The van der Waals surface area contributed by atoms with Gasteiger partial charge in [-0.1, -0.05) is 37.3 Å². The number of imidazole rings is 1. The Morgan fingerprint density at radius 3 is 2.59 bits per heavy atom. The van der Waals surface area contributed by atoms with Crippen LogP contribution in [0.5, 0.6) is 11.6 Å². The number of ether oxygens (including phenoxy) is 1. The lowest BCUT2D eigenvalue weighted by Gasteiger charge is -2.14. The van der Waals surface area contributed by atoms with Gasteiger partial charge in [0, 0.05) is 12.4 Å². The molecule has 0 aliphatic rings. The lowest BCUT2D eigenvalue weighted by molar-refractivity contribution is 0.0937. The summed E-state index contributed by atoms with van der Waals surface area (Å²) >= 11 is 0. The molecule has 12 heteroatoms. The van der Waals surface area contributed by atoms with Crippen LogP contribution in [0.15, 0.2) is 68.3 Å². The molecule has 0 unspecified atom stereocenters. The molecule has 0 amide bonds. The van der Waals surface area contributed by atoms with E-state index in [4.69, 9.17) is 4.74 Å². The minimum Gasteiger partial charge on any atom is -0.493 e. The fourth-order valence-corrected chi connectivity index (χ4v) is 4.06. The number of nitrogens with one attached hydrogen (secondary N) is 2. The van der Waals surface area contributed by atoms with Crippen LogP contribution in [0.1, 0.15) is 12.5 Å². The van der Waals surface area contributed by atoms with E-state index in [9.17, 15) is 19.8 Å². The highest BCUT2D eigenvalue weighted by atomic mass is 16.5. The van der Waals surface area contributed by atoms with E-state index in [2.05, 4.69) is 32.1 Å². The Bertz CT molecular complexity index is 1730. The molecule has 5 aromatic rings. The maximum absolute atomic E-state index is 12.7. The summed E-state index contributed by atoms with van der Waals surface area (Å²) < 4.78 is 8.25. The second-order valence-corrected chi connectivity index (χ2v) is 8.54. The van der Waals surface area contributed by atoms with Gasteiger partial charge in [-0.25, -0.2) is 4.79 Å². The number of aromatic nitrogens is 5. The predicted molar refractivity (Wildman–Crippen MR) is 137 cm³/mol. The molecular formula is C25H25N7O5. The zero-order valence-corrected chi connectivity index (χ0v) is 20.2. The normalized spacial score (nSPS) is 12.6. The van der Waals surface area contributed by atoms with Gasteiger partial charge in [-0.3, -0.25) is 18.9 Å². The van der Waals surface area contributed by atoms with Crippen LogP contribution in [0.3, 0.4) is 0 Å². The van der Waals surface area contributed by atoms with Crippen molar-refractivity contribution < 1.29 is 14.9 Å². The van der Waals surface area contributed by atoms with Crippen molar-refractivity contribution in [3.63, 3.8) is 0 Å². The molecule has 0 bridgehead atoms. The summed E-state index contributed by atoms with van der Waals surface area (Å²) in [5.74, 6) is 0.389. The number of H-pyrrole nitrogens is 2. The molecule has 0 saturated carbocycles. The Balaban J connectivity index is 1.49. The van der Waals surface area contributed by atoms with Crippen molar-refractivity contribution in [3.8, 4) is 11.6 Å². The van der Waals surface area contributed by atoms with E-state index in [1.54, 1.807) is 18.2 Å². The fraction of sp³-hybridized carbons (Fsp3) is 0.240. The Morgan fingerprint density at radius 2 is 1.84 bits per heavy atom. The van der Waals surface area contributed by atoms with Crippen molar-refractivity contribution in [2.45, 2.75) is 26.0 Å². The average Bonchev–Trinajstić information content (AvgIpc) is 3.42. The topological polar surface area (TPSA) is 163 Å². The standard InChI is InChI=1S/C25H25N7O5/c1-3-14-8-10-16(11-9-14)37-13-15(33)12-32-20-21(31(2)25(36)28-23(20)35)27-24(32)30-29-19-17-6-4-5-7-18(17)26-22(19)34/h4-11,15,26,33-34H,3,12-13H2,1-2H3,(H,28,35,36)/t15-/m0/s1. The third kappa shape index (κ3) is 4.61. The Hall–Kier alpha value is -4.71. The second kappa shape index (κ2) is 9.74. The molecule has 0 aliphatic carbocycles. The largest absolute Gasteiger partial charge is 0.493 e. The third-order valence-electron chi connectivity index (χ3n) is 6.05. The number of aryl methyl sites for hydroxylation is 2. The number of rotatable bonds is 8. The summed E-state index contributed by atoms with van der Waals surface area (Å²) in [6.07, 6.45) is -0.142. The number of azo groups is 1. The number of fused-ring (bicyclic) bond motifs is 2. The molecule has 5 rings (SSSR count). The van der Waals surface area contributed by atoms with Gasteiger partial charge in [-0.15, -0.1) is 10.2 Å². The Kier molecular flexibility index (Phi) is 6.32. The first-order chi connectivity index (χ1) is 17.9. The van der Waals surface area contributed by atoms with E-state index in [0.717, 1.165) is 6.42 Å². The highest BCUT2D eigenvalue weighted by Crippen LogP contribution is 2.36. The van der Waals surface area contributed by atoms with Gasteiger partial charge in [-0.05, 0) is 30.2 Å². The van der Waals surface area contributed by atoms with Gasteiger partial charge in [0.15, 0.2) is 16.9 Å². The molecule has 190 valence electrons. The molecule has 0 radical (unpaired) electrons. The average molecular weight is 504 g/mol. The zero-order chi connectivity index (χ0) is 26.1. The van der Waals surface area contributed by atoms with Crippen LogP contribution in [0.25, 0.3) is 22.1 Å². The Morgan fingerprint density at radius 1 is 1.08 bits per heavy atom. The SMILES string of the molecule is CCc1ccc(OC[C@@H](O)Cn2c(N=Nc3c(O)[nH]c4ccccc34)nc3c2c(=O)[nH]c(=O)n3C)cc1. The van der Waals surface area contributed by atoms with Crippen molar-refractivity contribution in [2.75, 3.05) is 6.61 Å². The molecule has 0 spiro atoms. The van der Waals surface area contributed by atoms with Gasteiger partial charge in [0.05, 0.1) is 12.1 Å². The monoisotopic (exact) mass is 503 g/mol. The lowest BCUT2D eigenvalue weighted by Crippen LogP contribution is -2.30. The van der Waals surface area contributed by atoms with Crippen molar-refractivity contribution in [1.29, 1.82) is 0 Å². The fourth-order valence-electron chi connectivity index (χ4n) is 4.06. The first-order valence-corrected chi connectivity index (χ1v) is 11.7. The Labute approximate surface area is 209 Å². The van der Waals surface area contributed by atoms with Gasteiger partial charge in [0.25, 0.3) is 11.5 Å². The first kappa shape index (κ1) is 24.0. The number of nitrogens with zero attached hydrogens (tertiary/aromatic N) is 5. The van der Waals surface area contributed by atoms with Gasteiger partial charge in [0.2, 0.25) is 5.88 Å². The summed E-state index contributed by atoms with van der Waals surface area (Å²) in [6.45, 7) is 1.88. The van der Waals surface area contributed by atoms with Crippen LogP contribution in [0.4, 0.5) is 11.6 Å². The van der Waals surface area contributed by atoms with E-state index in [1.807, 2.05) is 30.3 Å². The van der Waals surface area contributed by atoms with Crippen LogP contribution in [0, 0.1) is 0 Å². The first-order valence-electron chi connectivity index (χ1n) is 11.7. The van der Waals surface area contributed by atoms with E-state index >= 15 is 0 Å². The molecular weight excluding hydrogens is 478 g/mol. The molecule has 3 aromatic heterocycles. The van der Waals surface area contributed by atoms with E-state index in [0.29, 0.717) is 16.7 Å². The minimum absolute atomic E-state index is 0.0299.